The molecule has 2 aromatic rings. The molecule has 2 aromatic carbocycles. The standard InChI is InChI=1S/C19H23F2N3O/c1-12-7-9-13(10-8-12)18(22)19(25)23-11-16(24(2)3)17-14(20)5-4-6-15(17)21/h4-10,16,18H,11,22H2,1-3H3,(H,23,25). The molecule has 2 atom stereocenters. The van der Waals surface area contributed by atoms with Gasteiger partial charge < -0.3 is 16.0 Å². The van der Waals surface area contributed by atoms with Gasteiger partial charge >= 0.3 is 0 Å². The Morgan fingerprint density at radius 2 is 1.68 bits per heavy atom. The summed E-state index contributed by atoms with van der Waals surface area (Å²) in [6, 6.07) is 9.57. The molecule has 4 nitrogen and oxygen atoms in total. The van der Waals surface area contributed by atoms with Gasteiger partial charge in [0.05, 0.1) is 6.04 Å². The molecule has 2 unspecified atom stereocenters. The summed E-state index contributed by atoms with van der Waals surface area (Å²) in [6.45, 7) is 1.99. The van der Waals surface area contributed by atoms with E-state index in [2.05, 4.69) is 5.32 Å². The molecule has 134 valence electrons. The molecule has 0 aliphatic rings. The molecule has 0 saturated carbocycles. The summed E-state index contributed by atoms with van der Waals surface area (Å²) in [5.74, 6) is -1.68. The van der Waals surface area contributed by atoms with Crippen molar-refractivity contribution < 1.29 is 13.6 Å². The highest BCUT2D eigenvalue weighted by Crippen LogP contribution is 2.24. The van der Waals surface area contributed by atoms with E-state index in [0.717, 1.165) is 5.56 Å². The Labute approximate surface area is 146 Å². The number of benzene rings is 2. The molecule has 0 aliphatic heterocycles. The number of amides is 1. The van der Waals surface area contributed by atoms with Crippen molar-refractivity contribution in [3.63, 3.8) is 0 Å². The quantitative estimate of drug-likeness (QED) is 0.845. The first-order valence-corrected chi connectivity index (χ1v) is 8.01. The van der Waals surface area contributed by atoms with Gasteiger partial charge in [0.25, 0.3) is 0 Å². The van der Waals surface area contributed by atoms with Gasteiger partial charge in [-0.1, -0.05) is 35.9 Å². The average molecular weight is 347 g/mol. The lowest BCUT2D eigenvalue weighted by Crippen LogP contribution is -2.40. The molecule has 0 fully saturated rings. The second-order valence-electron chi connectivity index (χ2n) is 6.25. The van der Waals surface area contributed by atoms with E-state index in [9.17, 15) is 13.6 Å². The number of hydrogen-bond donors (Lipinski definition) is 2. The van der Waals surface area contributed by atoms with E-state index in [0.29, 0.717) is 5.56 Å². The molecule has 0 heterocycles. The number of likely N-dealkylation sites (N-methyl/N-ethyl adjacent to an activating group) is 1. The van der Waals surface area contributed by atoms with Crippen molar-refractivity contribution in [2.45, 2.75) is 19.0 Å². The van der Waals surface area contributed by atoms with Crippen molar-refractivity contribution in [3.8, 4) is 0 Å². The first-order valence-electron chi connectivity index (χ1n) is 8.01. The maximum Gasteiger partial charge on any atom is 0.241 e. The van der Waals surface area contributed by atoms with Gasteiger partial charge in [-0.05, 0) is 38.7 Å². The Kier molecular flexibility index (Phi) is 6.22. The molecule has 0 spiro atoms. The number of carbonyl (C=O) groups is 1. The van der Waals surface area contributed by atoms with Crippen molar-refractivity contribution in [2.75, 3.05) is 20.6 Å². The lowest BCUT2D eigenvalue weighted by molar-refractivity contribution is -0.122. The van der Waals surface area contributed by atoms with Gasteiger partial charge in [-0.3, -0.25) is 4.79 Å². The lowest BCUT2D eigenvalue weighted by Gasteiger charge is -2.26. The Morgan fingerprint density at radius 3 is 2.20 bits per heavy atom. The first-order chi connectivity index (χ1) is 11.8. The minimum atomic E-state index is -0.839. The Bertz CT molecular complexity index is 712. The van der Waals surface area contributed by atoms with Gasteiger partial charge in [-0.2, -0.15) is 0 Å². The van der Waals surface area contributed by atoms with Crippen LogP contribution in [0.4, 0.5) is 8.78 Å². The Hall–Kier alpha value is -2.31. The van der Waals surface area contributed by atoms with E-state index in [1.807, 2.05) is 19.1 Å². The van der Waals surface area contributed by atoms with Crippen LogP contribution >= 0.6 is 0 Å². The number of hydrogen-bond acceptors (Lipinski definition) is 3. The number of nitrogens with zero attached hydrogens (tertiary/aromatic N) is 1. The highest BCUT2D eigenvalue weighted by Gasteiger charge is 2.24. The minimum absolute atomic E-state index is 0.0449. The zero-order valence-electron chi connectivity index (χ0n) is 14.6. The van der Waals surface area contributed by atoms with Crippen LogP contribution in [0.2, 0.25) is 0 Å². The zero-order valence-corrected chi connectivity index (χ0v) is 14.6. The number of carbonyl (C=O) groups excluding carboxylic acids is 1. The third-order valence-corrected chi connectivity index (χ3v) is 4.14. The Balaban J connectivity index is 2.11. The van der Waals surface area contributed by atoms with Crippen LogP contribution in [0.25, 0.3) is 0 Å². The summed E-state index contributed by atoms with van der Waals surface area (Å²) in [5, 5.41) is 2.69. The summed E-state index contributed by atoms with van der Waals surface area (Å²) in [7, 11) is 3.39. The topological polar surface area (TPSA) is 58.4 Å². The summed E-state index contributed by atoms with van der Waals surface area (Å²) in [5.41, 5.74) is 7.65. The van der Waals surface area contributed by atoms with Crippen LogP contribution in [0.3, 0.4) is 0 Å². The smallest absolute Gasteiger partial charge is 0.241 e. The van der Waals surface area contributed by atoms with Crippen LogP contribution < -0.4 is 11.1 Å². The molecular formula is C19H23F2N3O. The molecule has 2 rings (SSSR count). The van der Waals surface area contributed by atoms with E-state index in [4.69, 9.17) is 5.73 Å². The van der Waals surface area contributed by atoms with Gasteiger partial charge in [0.1, 0.15) is 17.7 Å². The van der Waals surface area contributed by atoms with Crippen LogP contribution in [-0.4, -0.2) is 31.4 Å². The fraction of sp³-hybridized carbons (Fsp3) is 0.316. The summed E-state index contributed by atoms with van der Waals surface area (Å²) >= 11 is 0. The first kappa shape index (κ1) is 19.0. The number of halogens is 2. The molecule has 0 radical (unpaired) electrons. The number of nitrogens with one attached hydrogen (secondary N) is 1. The molecule has 6 heteroatoms. The third kappa shape index (κ3) is 4.61. The molecule has 0 saturated heterocycles. The van der Waals surface area contributed by atoms with Crippen LogP contribution in [-0.2, 0) is 4.79 Å². The van der Waals surface area contributed by atoms with Crippen molar-refractivity contribution in [1.82, 2.24) is 10.2 Å². The van der Waals surface area contributed by atoms with Crippen LogP contribution in [0.15, 0.2) is 42.5 Å². The maximum absolute atomic E-state index is 14.0. The fourth-order valence-corrected chi connectivity index (χ4v) is 2.60. The van der Waals surface area contributed by atoms with Crippen molar-refractivity contribution in [2.24, 2.45) is 5.73 Å². The van der Waals surface area contributed by atoms with Gasteiger partial charge in [0, 0.05) is 12.1 Å². The van der Waals surface area contributed by atoms with Gasteiger partial charge in [-0.25, -0.2) is 8.78 Å². The summed E-state index contributed by atoms with van der Waals surface area (Å²) in [6.07, 6.45) is 0. The van der Waals surface area contributed by atoms with E-state index >= 15 is 0 Å². The maximum atomic E-state index is 14.0. The van der Waals surface area contributed by atoms with E-state index in [-0.39, 0.29) is 12.1 Å². The monoisotopic (exact) mass is 347 g/mol. The van der Waals surface area contributed by atoms with Crippen molar-refractivity contribution >= 4 is 5.91 Å². The highest BCUT2D eigenvalue weighted by molar-refractivity contribution is 5.83. The molecule has 0 aromatic heterocycles. The summed E-state index contributed by atoms with van der Waals surface area (Å²) < 4.78 is 28.1. The SMILES string of the molecule is Cc1ccc(C(N)C(=O)NCC(c2c(F)cccc2F)N(C)C)cc1. The van der Waals surface area contributed by atoms with Gasteiger partial charge in [-0.15, -0.1) is 0 Å². The van der Waals surface area contributed by atoms with E-state index in [1.54, 1.807) is 31.1 Å². The van der Waals surface area contributed by atoms with E-state index < -0.39 is 29.6 Å². The normalized spacial score (nSPS) is 13.6. The van der Waals surface area contributed by atoms with Crippen molar-refractivity contribution in [3.05, 3.63) is 70.8 Å². The Morgan fingerprint density at radius 1 is 1.12 bits per heavy atom. The molecular weight excluding hydrogens is 324 g/mol. The number of nitrogens with two attached hydrogens (primary N) is 1. The number of aryl methyl sites for hydroxylation is 1. The fourth-order valence-electron chi connectivity index (χ4n) is 2.60. The number of rotatable bonds is 6. The van der Waals surface area contributed by atoms with E-state index in [1.165, 1.54) is 18.2 Å². The second kappa shape index (κ2) is 8.18. The molecule has 1 amide bonds. The molecule has 25 heavy (non-hydrogen) atoms. The predicted octanol–water partition coefficient (Wildman–Crippen LogP) is 2.69. The van der Waals surface area contributed by atoms with Gasteiger partial charge in [0.2, 0.25) is 5.91 Å². The lowest BCUT2D eigenvalue weighted by atomic mass is 10.0. The summed E-state index contributed by atoms with van der Waals surface area (Å²) in [4.78, 5) is 14.0. The largest absolute Gasteiger partial charge is 0.353 e. The van der Waals surface area contributed by atoms with Crippen LogP contribution in [0, 0.1) is 18.6 Å². The third-order valence-electron chi connectivity index (χ3n) is 4.14. The molecule has 0 aliphatic carbocycles. The average Bonchev–Trinajstić information content (AvgIpc) is 2.56. The predicted molar refractivity (Wildman–Crippen MR) is 93.9 cm³/mol. The van der Waals surface area contributed by atoms with Crippen LogP contribution in [0.5, 0.6) is 0 Å². The molecule has 0 bridgehead atoms. The second-order valence-corrected chi connectivity index (χ2v) is 6.25. The molecule has 3 N–H and O–H groups in total. The highest BCUT2D eigenvalue weighted by atomic mass is 19.1. The van der Waals surface area contributed by atoms with Crippen LogP contribution in [0.1, 0.15) is 28.8 Å². The minimum Gasteiger partial charge on any atom is -0.353 e. The van der Waals surface area contributed by atoms with Crippen molar-refractivity contribution in [1.29, 1.82) is 0 Å². The zero-order chi connectivity index (χ0) is 18.6. The van der Waals surface area contributed by atoms with Gasteiger partial charge in [0.15, 0.2) is 0 Å².